The number of carbonyl (C=O) groups excluding carboxylic acids is 4. The molecule has 3 fully saturated rings. The standard InChI is InChI=1S/C40H39ClN2O9/c1-51-30-18-22(19-31(52-2)35(30)46)34-26-15-16-27-33(38(49)42(36(27)47)17-8-4-7-14-32(44)45)28(26)21-29-37(48)43(25-13-9-12-24(41)20-25)39(50)40(29,34)23-10-5-3-6-11-23/h3,5-6,9-13,15,18-20,27-29,33-34,46H,4,7-8,14,16-17,21H2,1-2H3,(H,44,45)/t27-,28+,29-,33-,34-,40+/m0/s1. The fourth-order valence-electron chi connectivity index (χ4n) is 9.21. The van der Waals surface area contributed by atoms with E-state index in [1.165, 1.54) is 24.0 Å². The van der Waals surface area contributed by atoms with Crippen molar-refractivity contribution in [3.05, 3.63) is 94.5 Å². The summed E-state index contributed by atoms with van der Waals surface area (Å²) in [4.78, 5) is 71.9. The van der Waals surface area contributed by atoms with Crippen molar-refractivity contribution >= 4 is 46.9 Å². The third-order valence-electron chi connectivity index (χ3n) is 11.4. The summed E-state index contributed by atoms with van der Waals surface area (Å²) < 4.78 is 11.1. The Hall–Kier alpha value is -5.16. The number of unbranched alkanes of at least 4 members (excludes halogenated alkanes) is 2. The summed E-state index contributed by atoms with van der Waals surface area (Å²) in [7, 11) is 2.82. The van der Waals surface area contributed by atoms with Crippen LogP contribution in [0.2, 0.25) is 5.02 Å². The maximum atomic E-state index is 15.4. The van der Waals surface area contributed by atoms with E-state index in [1.807, 2.05) is 36.4 Å². The lowest BCUT2D eigenvalue weighted by atomic mass is 9.49. The predicted octanol–water partition coefficient (Wildman–Crippen LogP) is 5.87. The molecule has 1 saturated carbocycles. The van der Waals surface area contributed by atoms with Gasteiger partial charge in [-0.3, -0.25) is 28.9 Å². The van der Waals surface area contributed by atoms with Crippen LogP contribution in [0.15, 0.2) is 78.4 Å². The van der Waals surface area contributed by atoms with E-state index in [0.717, 1.165) is 5.57 Å². The lowest BCUT2D eigenvalue weighted by molar-refractivity contribution is -0.141. The Kier molecular flexibility index (Phi) is 9.33. The first kappa shape index (κ1) is 35.3. The van der Waals surface area contributed by atoms with Gasteiger partial charge in [0, 0.05) is 23.9 Å². The van der Waals surface area contributed by atoms with E-state index >= 15 is 4.79 Å². The number of carboxylic acids is 1. The van der Waals surface area contributed by atoms with E-state index in [-0.39, 0.29) is 54.9 Å². The number of ether oxygens (including phenoxy) is 2. The number of benzene rings is 3. The topological polar surface area (TPSA) is 151 Å². The minimum Gasteiger partial charge on any atom is -0.502 e. The van der Waals surface area contributed by atoms with E-state index in [4.69, 9.17) is 26.2 Å². The SMILES string of the molecule is COc1cc([C@H]2C3=CC[C@@H]4C(=O)N(CCCCCC(=O)O)C(=O)[C@@H]4[C@@H]3C[C@H]3C(=O)N(c4cccc(Cl)c4)C(=O)[C@@]23c2ccccc2)cc(OC)c1O. The van der Waals surface area contributed by atoms with Gasteiger partial charge >= 0.3 is 5.97 Å². The highest BCUT2D eigenvalue weighted by Crippen LogP contribution is 2.65. The van der Waals surface area contributed by atoms with Crippen molar-refractivity contribution in [2.45, 2.75) is 49.9 Å². The predicted molar refractivity (Wildman–Crippen MR) is 190 cm³/mol. The molecule has 0 radical (unpaired) electrons. The summed E-state index contributed by atoms with van der Waals surface area (Å²) in [6.45, 7) is 0.180. The third kappa shape index (κ3) is 5.44. The number of hydrogen-bond acceptors (Lipinski definition) is 8. The zero-order valence-corrected chi connectivity index (χ0v) is 29.5. The molecule has 4 aliphatic rings. The number of carboxylic acid groups (broad SMARTS) is 1. The highest BCUT2D eigenvalue weighted by Gasteiger charge is 2.70. The second-order valence-electron chi connectivity index (χ2n) is 13.9. The second kappa shape index (κ2) is 13.8. The van der Waals surface area contributed by atoms with Gasteiger partial charge in [0.15, 0.2) is 11.5 Å². The molecule has 6 atom stereocenters. The summed E-state index contributed by atoms with van der Waals surface area (Å²) in [5.74, 6) is -6.15. The van der Waals surface area contributed by atoms with Crippen molar-refractivity contribution in [2.24, 2.45) is 23.7 Å². The monoisotopic (exact) mass is 726 g/mol. The molecule has 12 heteroatoms. The third-order valence-corrected chi connectivity index (χ3v) is 11.6. The van der Waals surface area contributed by atoms with Crippen molar-refractivity contribution in [3.8, 4) is 17.2 Å². The highest BCUT2D eigenvalue weighted by atomic mass is 35.5. The lowest BCUT2D eigenvalue weighted by Crippen LogP contribution is -2.53. The summed E-state index contributed by atoms with van der Waals surface area (Å²) in [5.41, 5.74) is 0.726. The van der Waals surface area contributed by atoms with Gasteiger partial charge < -0.3 is 19.7 Å². The fourth-order valence-corrected chi connectivity index (χ4v) is 9.39. The van der Waals surface area contributed by atoms with Crippen molar-refractivity contribution in [3.63, 3.8) is 0 Å². The van der Waals surface area contributed by atoms with Gasteiger partial charge in [0.2, 0.25) is 29.4 Å². The lowest BCUT2D eigenvalue weighted by Gasteiger charge is -2.50. The summed E-state index contributed by atoms with van der Waals surface area (Å²) in [6.07, 6.45) is 3.84. The second-order valence-corrected chi connectivity index (χ2v) is 14.3. The minimum atomic E-state index is -1.50. The largest absolute Gasteiger partial charge is 0.502 e. The zero-order chi connectivity index (χ0) is 36.9. The molecule has 270 valence electrons. The number of rotatable bonds is 11. The number of methoxy groups -OCH3 is 2. The first-order valence-corrected chi connectivity index (χ1v) is 17.8. The van der Waals surface area contributed by atoms with E-state index in [9.17, 15) is 24.3 Å². The molecule has 11 nitrogen and oxygen atoms in total. The van der Waals surface area contributed by atoms with Gasteiger partial charge in [-0.25, -0.2) is 4.90 Å². The molecule has 0 unspecified atom stereocenters. The Bertz CT molecular complexity index is 1970. The molecule has 2 aliphatic heterocycles. The first-order valence-electron chi connectivity index (χ1n) is 17.5. The van der Waals surface area contributed by atoms with E-state index in [2.05, 4.69) is 0 Å². The minimum absolute atomic E-state index is 0.0141. The average molecular weight is 727 g/mol. The molecule has 7 rings (SSSR count). The van der Waals surface area contributed by atoms with Crippen LogP contribution in [0.3, 0.4) is 0 Å². The number of amides is 4. The molecule has 4 amide bonds. The molecule has 0 aromatic heterocycles. The average Bonchev–Trinajstić information content (AvgIpc) is 3.52. The van der Waals surface area contributed by atoms with Crippen LogP contribution in [0.4, 0.5) is 5.69 Å². The van der Waals surface area contributed by atoms with Crippen molar-refractivity contribution in [1.82, 2.24) is 4.90 Å². The van der Waals surface area contributed by atoms with Gasteiger partial charge in [-0.05, 0) is 73.1 Å². The fraction of sp³-hybridized carbons (Fsp3) is 0.375. The van der Waals surface area contributed by atoms with Crippen molar-refractivity contribution < 1.29 is 43.7 Å². The van der Waals surface area contributed by atoms with Gasteiger partial charge in [-0.1, -0.05) is 66.1 Å². The number of imide groups is 2. The summed E-state index contributed by atoms with van der Waals surface area (Å²) >= 11 is 6.39. The number of halogens is 1. The number of likely N-dealkylation sites (tertiary alicyclic amines) is 1. The molecule has 3 aromatic rings. The van der Waals surface area contributed by atoms with Gasteiger partial charge in [-0.15, -0.1) is 0 Å². The first-order chi connectivity index (χ1) is 25.0. The number of phenolic OH excluding ortho intramolecular Hbond substituents is 1. The van der Waals surface area contributed by atoms with Crippen LogP contribution in [0.1, 0.15) is 55.6 Å². The number of anilines is 1. The normalized spacial score (nSPS) is 26.5. The highest BCUT2D eigenvalue weighted by molar-refractivity contribution is 6.32. The number of aliphatic carboxylic acids is 1. The molecular formula is C40H39ClN2O9. The number of phenols is 1. The molecule has 2 aliphatic carbocycles. The van der Waals surface area contributed by atoms with Crippen LogP contribution >= 0.6 is 11.6 Å². The zero-order valence-electron chi connectivity index (χ0n) is 28.8. The molecule has 3 aromatic carbocycles. The van der Waals surface area contributed by atoms with E-state index < -0.39 is 52.8 Å². The molecule has 2 saturated heterocycles. The van der Waals surface area contributed by atoms with Crippen molar-refractivity contribution in [2.75, 3.05) is 25.7 Å². The number of allylic oxidation sites excluding steroid dienone is 2. The van der Waals surface area contributed by atoms with Crippen LogP contribution in [-0.2, 0) is 29.4 Å². The molecule has 2 heterocycles. The summed E-state index contributed by atoms with van der Waals surface area (Å²) in [6, 6.07) is 19.0. The number of carbonyl (C=O) groups is 5. The Morgan fingerprint density at radius 3 is 2.25 bits per heavy atom. The molecule has 0 spiro atoms. The maximum absolute atomic E-state index is 15.4. The van der Waals surface area contributed by atoms with E-state index in [0.29, 0.717) is 41.1 Å². The van der Waals surface area contributed by atoms with E-state index in [1.54, 1.807) is 36.4 Å². The van der Waals surface area contributed by atoms with Crippen LogP contribution in [0.25, 0.3) is 0 Å². The molecular weight excluding hydrogens is 688 g/mol. The Morgan fingerprint density at radius 1 is 0.885 bits per heavy atom. The number of aromatic hydroxyl groups is 1. The van der Waals surface area contributed by atoms with Gasteiger partial charge in [0.1, 0.15) is 0 Å². The Balaban J connectivity index is 1.40. The van der Waals surface area contributed by atoms with Gasteiger partial charge in [-0.2, -0.15) is 0 Å². The Labute approximate surface area is 305 Å². The van der Waals surface area contributed by atoms with Crippen LogP contribution in [-0.4, -0.2) is 65.5 Å². The number of hydrogen-bond donors (Lipinski definition) is 2. The quantitative estimate of drug-likeness (QED) is 0.141. The summed E-state index contributed by atoms with van der Waals surface area (Å²) in [5, 5.41) is 20.3. The van der Waals surface area contributed by atoms with Crippen LogP contribution in [0.5, 0.6) is 17.2 Å². The van der Waals surface area contributed by atoms with Gasteiger partial charge in [0.25, 0.3) is 0 Å². The van der Waals surface area contributed by atoms with Crippen LogP contribution < -0.4 is 14.4 Å². The Morgan fingerprint density at radius 2 is 1.60 bits per heavy atom. The number of fused-ring (bicyclic) bond motifs is 4. The smallest absolute Gasteiger partial charge is 0.303 e. The number of nitrogens with zero attached hydrogens (tertiary/aromatic N) is 2. The van der Waals surface area contributed by atoms with Crippen LogP contribution in [0, 0.1) is 23.7 Å². The van der Waals surface area contributed by atoms with Crippen molar-refractivity contribution in [1.29, 1.82) is 0 Å². The maximum Gasteiger partial charge on any atom is 0.303 e. The van der Waals surface area contributed by atoms with Gasteiger partial charge in [0.05, 0.1) is 43.1 Å². The molecule has 2 N–H and O–H groups in total. The molecule has 0 bridgehead atoms. The molecule has 52 heavy (non-hydrogen) atoms.